The van der Waals surface area contributed by atoms with Crippen LogP contribution in [0.2, 0.25) is 0 Å². The summed E-state index contributed by atoms with van der Waals surface area (Å²) >= 11 is 2.96. The first-order valence-corrected chi connectivity index (χ1v) is 7.06. The molecule has 1 rings (SSSR count). The molecule has 0 spiro atoms. The maximum Gasteiger partial charge on any atom is 0.406 e. The lowest BCUT2D eigenvalue weighted by Gasteiger charge is -2.32. The van der Waals surface area contributed by atoms with Crippen molar-refractivity contribution in [1.82, 2.24) is 4.90 Å². The van der Waals surface area contributed by atoms with Crippen molar-refractivity contribution in [3.8, 4) is 0 Å². The zero-order chi connectivity index (χ0) is 14.7. The van der Waals surface area contributed by atoms with E-state index in [0.29, 0.717) is 4.90 Å². The third-order valence-electron chi connectivity index (χ3n) is 3.03. The number of halogens is 6. The van der Waals surface area contributed by atoms with Gasteiger partial charge in [-0.25, -0.2) is 8.78 Å². The number of nitrogens with zero attached hydrogens (tertiary/aromatic N) is 1. The molecular formula is C11H15BrF5NO. The quantitative estimate of drug-likeness (QED) is 0.559. The lowest BCUT2D eigenvalue weighted by molar-refractivity contribution is -0.166. The largest absolute Gasteiger partial charge is 0.406 e. The Hall–Kier alpha value is -0.400. The molecule has 19 heavy (non-hydrogen) atoms. The second kappa shape index (κ2) is 6.37. The minimum Gasteiger partial charge on any atom is -0.333 e. The van der Waals surface area contributed by atoms with Crippen LogP contribution in [0.1, 0.15) is 25.7 Å². The van der Waals surface area contributed by atoms with Crippen LogP contribution >= 0.6 is 15.9 Å². The molecule has 0 radical (unpaired) electrons. The Bertz CT molecular complexity index is 321. The predicted molar refractivity (Wildman–Crippen MR) is 63.3 cm³/mol. The highest BCUT2D eigenvalue weighted by atomic mass is 79.9. The van der Waals surface area contributed by atoms with Crippen LogP contribution in [0, 0.1) is 5.92 Å². The molecule has 0 aromatic rings. The van der Waals surface area contributed by atoms with Crippen LogP contribution in [0.15, 0.2) is 0 Å². The molecule has 0 aliphatic heterocycles. The molecule has 112 valence electrons. The second-order valence-electron chi connectivity index (χ2n) is 4.71. The number of amides is 1. The van der Waals surface area contributed by atoms with Gasteiger partial charge in [0, 0.05) is 30.6 Å². The van der Waals surface area contributed by atoms with E-state index in [9.17, 15) is 26.7 Å². The van der Waals surface area contributed by atoms with E-state index in [4.69, 9.17) is 0 Å². The zero-order valence-electron chi connectivity index (χ0n) is 10.2. The van der Waals surface area contributed by atoms with Gasteiger partial charge in [0.1, 0.15) is 6.54 Å². The number of hydrogen-bond donors (Lipinski definition) is 0. The Balaban J connectivity index is 2.70. The summed E-state index contributed by atoms with van der Waals surface area (Å²) in [7, 11) is 0. The third-order valence-corrected chi connectivity index (χ3v) is 3.38. The van der Waals surface area contributed by atoms with Crippen molar-refractivity contribution < 1.29 is 26.7 Å². The van der Waals surface area contributed by atoms with Gasteiger partial charge in [-0.2, -0.15) is 13.2 Å². The van der Waals surface area contributed by atoms with Gasteiger partial charge in [0.05, 0.1) is 0 Å². The van der Waals surface area contributed by atoms with Gasteiger partial charge in [-0.15, -0.1) is 0 Å². The molecule has 0 N–H and O–H groups in total. The van der Waals surface area contributed by atoms with E-state index in [2.05, 4.69) is 15.9 Å². The van der Waals surface area contributed by atoms with Gasteiger partial charge >= 0.3 is 6.18 Å². The lowest BCUT2D eigenvalue weighted by atomic mass is 9.85. The Morgan fingerprint density at radius 2 is 2.00 bits per heavy atom. The highest BCUT2D eigenvalue weighted by Gasteiger charge is 2.42. The highest BCUT2D eigenvalue weighted by molar-refractivity contribution is 9.09. The molecule has 1 atom stereocenters. The van der Waals surface area contributed by atoms with Crippen molar-refractivity contribution in [1.29, 1.82) is 0 Å². The summed E-state index contributed by atoms with van der Waals surface area (Å²) in [4.78, 5) is 12.5. The molecule has 1 saturated carbocycles. The fourth-order valence-electron chi connectivity index (χ4n) is 2.23. The number of rotatable bonds is 4. The van der Waals surface area contributed by atoms with Crippen LogP contribution in [0.3, 0.4) is 0 Å². The second-order valence-corrected chi connectivity index (χ2v) is 5.51. The summed E-state index contributed by atoms with van der Waals surface area (Å²) in [5.74, 6) is -4.78. The fourth-order valence-corrected chi connectivity index (χ4v) is 2.65. The summed E-state index contributed by atoms with van der Waals surface area (Å²) in [6.45, 7) is -1.53. The zero-order valence-corrected chi connectivity index (χ0v) is 11.7. The van der Waals surface area contributed by atoms with Crippen LogP contribution in [-0.4, -0.2) is 41.3 Å². The fraction of sp³-hybridized carbons (Fsp3) is 0.909. The molecule has 0 bridgehead atoms. The molecule has 0 heterocycles. The molecule has 1 amide bonds. The Morgan fingerprint density at radius 1 is 1.37 bits per heavy atom. The maximum absolute atomic E-state index is 13.2. The number of carbonyl (C=O) groups excluding carboxylic acids is 1. The van der Waals surface area contributed by atoms with E-state index in [-0.39, 0.29) is 31.1 Å². The first kappa shape index (κ1) is 16.7. The van der Waals surface area contributed by atoms with Gasteiger partial charge in [-0.1, -0.05) is 15.9 Å². The van der Waals surface area contributed by atoms with E-state index in [1.54, 1.807) is 0 Å². The van der Waals surface area contributed by atoms with E-state index >= 15 is 0 Å². The number of hydrogen-bond acceptors (Lipinski definition) is 1. The Morgan fingerprint density at radius 3 is 2.47 bits per heavy atom. The van der Waals surface area contributed by atoms with Crippen LogP contribution in [0.25, 0.3) is 0 Å². The van der Waals surface area contributed by atoms with Crippen LogP contribution < -0.4 is 0 Å². The maximum atomic E-state index is 13.2. The molecule has 0 aromatic heterocycles. The van der Waals surface area contributed by atoms with Crippen LogP contribution in [0.5, 0.6) is 0 Å². The van der Waals surface area contributed by atoms with Crippen LogP contribution in [-0.2, 0) is 4.79 Å². The lowest BCUT2D eigenvalue weighted by Crippen LogP contribution is -2.45. The summed E-state index contributed by atoms with van der Waals surface area (Å²) in [6, 6.07) is 0. The van der Waals surface area contributed by atoms with Gasteiger partial charge in [-0.3, -0.25) is 4.79 Å². The third kappa shape index (κ3) is 5.62. The van der Waals surface area contributed by atoms with E-state index in [1.807, 2.05) is 0 Å². The first-order valence-electron chi connectivity index (χ1n) is 5.94. The van der Waals surface area contributed by atoms with E-state index < -0.39 is 36.9 Å². The molecule has 2 nitrogen and oxygen atoms in total. The minimum absolute atomic E-state index is 0.138. The topological polar surface area (TPSA) is 20.3 Å². The summed E-state index contributed by atoms with van der Waals surface area (Å²) in [6.07, 6.45) is -5.07. The van der Waals surface area contributed by atoms with Gasteiger partial charge in [-0.05, 0) is 12.8 Å². The van der Waals surface area contributed by atoms with E-state index in [0.717, 1.165) is 0 Å². The standard InChI is InChI=1S/C11H15BrF5NO/c12-4-5-18(7-11(15,16)17)9(19)8-2-1-3-10(13,14)6-8/h8H,1-7H2. The smallest absolute Gasteiger partial charge is 0.333 e. The van der Waals surface area contributed by atoms with Crippen molar-refractivity contribution in [2.45, 2.75) is 37.8 Å². The Kier molecular flexibility index (Phi) is 5.58. The summed E-state index contributed by atoms with van der Waals surface area (Å²) in [5, 5.41) is 0.179. The Labute approximate surface area is 116 Å². The van der Waals surface area contributed by atoms with Crippen molar-refractivity contribution >= 4 is 21.8 Å². The summed E-state index contributed by atoms with van der Waals surface area (Å²) < 4.78 is 63.5. The van der Waals surface area contributed by atoms with Gasteiger partial charge < -0.3 is 4.90 Å². The average molecular weight is 352 g/mol. The number of carbonyl (C=O) groups is 1. The van der Waals surface area contributed by atoms with Crippen LogP contribution in [0.4, 0.5) is 22.0 Å². The molecule has 0 saturated heterocycles. The van der Waals surface area contributed by atoms with Gasteiger partial charge in [0.25, 0.3) is 0 Å². The summed E-state index contributed by atoms with van der Waals surface area (Å²) in [5.41, 5.74) is 0. The van der Waals surface area contributed by atoms with Crippen molar-refractivity contribution in [2.24, 2.45) is 5.92 Å². The van der Waals surface area contributed by atoms with Crippen molar-refractivity contribution in [3.05, 3.63) is 0 Å². The van der Waals surface area contributed by atoms with E-state index in [1.165, 1.54) is 0 Å². The SMILES string of the molecule is O=C(C1CCCC(F)(F)C1)N(CCBr)CC(F)(F)F. The molecule has 1 unspecified atom stereocenters. The minimum atomic E-state index is -4.52. The molecule has 8 heteroatoms. The highest BCUT2D eigenvalue weighted by Crippen LogP contribution is 2.37. The predicted octanol–water partition coefficient (Wildman–Crippen LogP) is 3.60. The first-order chi connectivity index (χ1) is 8.64. The molecule has 1 fully saturated rings. The average Bonchev–Trinajstić information content (AvgIpc) is 2.24. The molecule has 1 aliphatic carbocycles. The molecule has 1 aliphatic rings. The van der Waals surface area contributed by atoms with Crippen molar-refractivity contribution in [3.63, 3.8) is 0 Å². The van der Waals surface area contributed by atoms with Gasteiger partial charge in [0.15, 0.2) is 0 Å². The molecule has 0 aromatic carbocycles. The molecular weight excluding hydrogens is 337 g/mol. The normalized spacial score (nSPS) is 23.2. The monoisotopic (exact) mass is 351 g/mol. The van der Waals surface area contributed by atoms with Crippen molar-refractivity contribution in [2.75, 3.05) is 18.4 Å². The number of alkyl halides is 6. The van der Waals surface area contributed by atoms with Gasteiger partial charge in [0.2, 0.25) is 11.8 Å².